The number of benzene rings is 2. The van der Waals surface area contributed by atoms with Crippen molar-refractivity contribution in [1.29, 1.82) is 0 Å². The van der Waals surface area contributed by atoms with Crippen LogP contribution >= 0.6 is 0 Å². The first-order chi connectivity index (χ1) is 18.5. The molecule has 6 rings (SSSR count). The van der Waals surface area contributed by atoms with E-state index in [2.05, 4.69) is 9.80 Å². The molecule has 0 bridgehead atoms. The van der Waals surface area contributed by atoms with Crippen molar-refractivity contribution in [2.75, 3.05) is 37.1 Å². The number of methoxy groups -OCH3 is 2. The molecule has 0 amide bonds. The second kappa shape index (κ2) is 9.41. The topological polar surface area (TPSA) is 97.1 Å². The van der Waals surface area contributed by atoms with Crippen molar-refractivity contribution in [1.82, 2.24) is 9.55 Å². The molecule has 4 aromatic rings. The van der Waals surface area contributed by atoms with Gasteiger partial charge in [0, 0.05) is 42.6 Å². The fourth-order valence-electron chi connectivity index (χ4n) is 5.61. The number of carboxylic acid groups (broad SMARTS) is 1. The number of aromatic nitrogens is 2. The molecule has 1 saturated heterocycles. The lowest BCUT2D eigenvalue weighted by molar-refractivity contribution is 0.0695. The Hall–Kier alpha value is -4.53. The van der Waals surface area contributed by atoms with E-state index in [1.54, 1.807) is 24.9 Å². The van der Waals surface area contributed by atoms with Crippen LogP contribution < -0.4 is 24.7 Å². The van der Waals surface area contributed by atoms with Gasteiger partial charge in [-0.1, -0.05) is 18.2 Å². The van der Waals surface area contributed by atoms with E-state index in [1.807, 2.05) is 48.5 Å². The summed E-state index contributed by atoms with van der Waals surface area (Å²) in [4.78, 5) is 35.1. The van der Waals surface area contributed by atoms with Gasteiger partial charge in [0.2, 0.25) is 5.43 Å². The maximum absolute atomic E-state index is 13.4. The number of fused-ring (bicyclic) bond motifs is 4. The van der Waals surface area contributed by atoms with Gasteiger partial charge in [0.25, 0.3) is 0 Å². The Morgan fingerprint density at radius 3 is 2.66 bits per heavy atom. The Balaban J connectivity index is 1.58. The van der Waals surface area contributed by atoms with Gasteiger partial charge in [-0.25, -0.2) is 9.78 Å². The molecule has 0 aliphatic carbocycles. The largest absolute Gasteiger partial charge is 0.497 e. The standard InChI is InChI=1S/C29H28N4O5/c1-37-21-11-10-18(25(13-21)38-2)15-31-17-23(29(35)36)26(34)22-14-24-28(30-27(22)31)32-12-6-9-20(32)16-33(24)19-7-4-3-5-8-19/h3-5,7-8,10-11,13-14,17,20H,6,9,12,15-16H2,1-2H3,(H,35,36)/t20-/m0/s1. The zero-order valence-electron chi connectivity index (χ0n) is 21.3. The zero-order chi connectivity index (χ0) is 26.4. The van der Waals surface area contributed by atoms with Gasteiger partial charge in [-0.15, -0.1) is 0 Å². The lowest BCUT2D eigenvalue weighted by Gasteiger charge is -2.40. The number of hydrogen-bond donors (Lipinski definition) is 1. The van der Waals surface area contributed by atoms with Crippen LogP contribution in [0.2, 0.25) is 0 Å². The number of carbonyl (C=O) groups is 1. The fourth-order valence-corrected chi connectivity index (χ4v) is 5.61. The number of rotatable bonds is 6. The Morgan fingerprint density at radius 2 is 1.92 bits per heavy atom. The van der Waals surface area contributed by atoms with Crippen molar-refractivity contribution in [3.8, 4) is 11.5 Å². The third-order valence-corrected chi connectivity index (χ3v) is 7.48. The predicted molar refractivity (Wildman–Crippen MR) is 145 cm³/mol. The van der Waals surface area contributed by atoms with Crippen LogP contribution in [0.25, 0.3) is 11.0 Å². The molecule has 2 aromatic carbocycles. The number of hydrogen-bond acceptors (Lipinski definition) is 7. The Kier molecular flexibility index (Phi) is 5.90. The minimum atomic E-state index is -1.27. The fraction of sp³-hybridized carbons (Fsp3) is 0.276. The summed E-state index contributed by atoms with van der Waals surface area (Å²) in [6.45, 7) is 1.93. The van der Waals surface area contributed by atoms with E-state index in [0.29, 0.717) is 23.2 Å². The summed E-state index contributed by atoms with van der Waals surface area (Å²) in [6.07, 6.45) is 3.52. The molecule has 1 N–H and O–H groups in total. The highest BCUT2D eigenvalue weighted by atomic mass is 16.5. The van der Waals surface area contributed by atoms with Gasteiger partial charge in [0.15, 0.2) is 5.82 Å². The smallest absolute Gasteiger partial charge is 0.341 e. The van der Waals surface area contributed by atoms with Crippen molar-refractivity contribution in [2.45, 2.75) is 25.4 Å². The number of anilines is 3. The van der Waals surface area contributed by atoms with Crippen LogP contribution in [-0.4, -0.2) is 54.0 Å². The van der Waals surface area contributed by atoms with Gasteiger partial charge in [0.1, 0.15) is 22.7 Å². The molecule has 0 saturated carbocycles. The van der Waals surface area contributed by atoms with Crippen molar-refractivity contribution in [3.63, 3.8) is 0 Å². The number of para-hydroxylation sites is 1. The first kappa shape index (κ1) is 23.8. The highest BCUT2D eigenvalue weighted by Gasteiger charge is 2.36. The summed E-state index contributed by atoms with van der Waals surface area (Å²) in [5.41, 5.74) is 2.23. The summed E-state index contributed by atoms with van der Waals surface area (Å²) in [5.74, 6) is 0.786. The summed E-state index contributed by atoms with van der Waals surface area (Å²) < 4.78 is 12.6. The number of ether oxygens (including phenoxy) is 2. The normalized spacial score (nSPS) is 16.3. The highest BCUT2D eigenvalue weighted by molar-refractivity contribution is 5.95. The van der Waals surface area contributed by atoms with Crippen LogP contribution in [0.5, 0.6) is 11.5 Å². The van der Waals surface area contributed by atoms with Crippen molar-refractivity contribution in [3.05, 3.63) is 82.1 Å². The van der Waals surface area contributed by atoms with Gasteiger partial charge in [0.05, 0.1) is 31.8 Å². The quantitative estimate of drug-likeness (QED) is 0.409. The summed E-state index contributed by atoms with van der Waals surface area (Å²) in [6, 6.07) is 17.6. The minimum Gasteiger partial charge on any atom is -0.497 e. The summed E-state index contributed by atoms with van der Waals surface area (Å²) in [7, 11) is 3.16. The maximum atomic E-state index is 13.4. The predicted octanol–water partition coefficient (Wildman–Crippen LogP) is 4.28. The first-order valence-electron chi connectivity index (χ1n) is 12.6. The van der Waals surface area contributed by atoms with Crippen LogP contribution in [-0.2, 0) is 6.54 Å². The number of aromatic carboxylic acids is 1. The van der Waals surface area contributed by atoms with E-state index in [-0.39, 0.29) is 17.5 Å². The van der Waals surface area contributed by atoms with Crippen molar-refractivity contribution >= 4 is 34.2 Å². The Labute approximate surface area is 219 Å². The molecule has 4 heterocycles. The lowest BCUT2D eigenvalue weighted by atomic mass is 10.1. The maximum Gasteiger partial charge on any atom is 0.341 e. The third-order valence-electron chi connectivity index (χ3n) is 7.48. The van der Waals surface area contributed by atoms with E-state index in [0.717, 1.165) is 48.7 Å². The SMILES string of the molecule is COc1ccc(Cn2cc(C(=O)O)c(=O)c3cc4c(nc32)N2CCC[C@H]2CN4c2ccccc2)c(OC)c1. The number of nitrogens with zero attached hydrogens (tertiary/aromatic N) is 4. The van der Waals surface area contributed by atoms with Gasteiger partial charge >= 0.3 is 5.97 Å². The molecule has 0 spiro atoms. The van der Waals surface area contributed by atoms with Crippen molar-refractivity contribution in [2.24, 2.45) is 0 Å². The minimum absolute atomic E-state index is 0.266. The highest BCUT2D eigenvalue weighted by Crippen LogP contribution is 2.42. The molecule has 2 aromatic heterocycles. The molecule has 2 aliphatic heterocycles. The third kappa shape index (κ3) is 3.91. The van der Waals surface area contributed by atoms with Crippen LogP contribution in [0.15, 0.2) is 65.6 Å². The van der Waals surface area contributed by atoms with Crippen LogP contribution in [0, 0.1) is 0 Å². The second-order valence-electron chi connectivity index (χ2n) is 9.62. The van der Waals surface area contributed by atoms with Gasteiger partial charge in [-0.05, 0) is 43.2 Å². The molecule has 9 heteroatoms. The van der Waals surface area contributed by atoms with Gasteiger partial charge in [-0.3, -0.25) is 4.79 Å². The molecule has 1 fully saturated rings. The number of pyridine rings is 2. The van der Waals surface area contributed by atoms with E-state index in [4.69, 9.17) is 14.5 Å². The average Bonchev–Trinajstić information content (AvgIpc) is 3.43. The summed E-state index contributed by atoms with van der Waals surface area (Å²) >= 11 is 0. The molecule has 38 heavy (non-hydrogen) atoms. The second-order valence-corrected chi connectivity index (χ2v) is 9.62. The summed E-state index contributed by atoms with van der Waals surface area (Å²) in [5, 5.41) is 10.2. The van der Waals surface area contributed by atoms with Crippen LogP contribution in [0.1, 0.15) is 28.8 Å². The Bertz CT molecular complexity index is 1600. The Morgan fingerprint density at radius 1 is 1.11 bits per heavy atom. The molecule has 0 unspecified atom stereocenters. The number of carboxylic acids is 1. The average molecular weight is 513 g/mol. The molecule has 0 radical (unpaired) electrons. The molecule has 9 nitrogen and oxygen atoms in total. The monoisotopic (exact) mass is 512 g/mol. The van der Waals surface area contributed by atoms with Gasteiger partial charge < -0.3 is 28.9 Å². The van der Waals surface area contributed by atoms with Crippen molar-refractivity contribution < 1.29 is 19.4 Å². The van der Waals surface area contributed by atoms with E-state index in [1.165, 1.54) is 6.20 Å². The zero-order valence-corrected chi connectivity index (χ0v) is 21.3. The van der Waals surface area contributed by atoms with Crippen LogP contribution in [0.4, 0.5) is 17.2 Å². The van der Waals surface area contributed by atoms with Crippen LogP contribution in [0.3, 0.4) is 0 Å². The first-order valence-corrected chi connectivity index (χ1v) is 12.6. The van der Waals surface area contributed by atoms with Gasteiger partial charge in [-0.2, -0.15) is 0 Å². The molecule has 2 aliphatic rings. The lowest BCUT2D eigenvalue weighted by Crippen LogP contribution is -2.44. The molecular formula is C29H28N4O5. The van der Waals surface area contributed by atoms with E-state index >= 15 is 0 Å². The van der Waals surface area contributed by atoms with E-state index in [9.17, 15) is 14.7 Å². The molecule has 194 valence electrons. The molecule has 1 atom stereocenters. The van der Waals surface area contributed by atoms with E-state index < -0.39 is 11.4 Å². The molecular weight excluding hydrogens is 484 g/mol.